The number of hydrogen-bond acceptors (Lipinski definition) is 4. The number of halogens is 1. The highest BCUT2D eigenvalue weighted by Crippen LogP contribution is 2.56. The molecule has 6 heteroatoms. The number of carboxylic acids is 1. The fourth-order valence-electron chi connectivity index (χ4n) is 2.86. The van der Waals surface area contributed by atoms with Gasteiger partial charge in [-0.05, 0) is 47.5 Å². The molecule has 4 nitrogen and oxygen atoms in total. The Morgan fingerprint density at radius 1 is 1.42 bits per heavy atom. The minimum absolute atomic E-state index is 0.406. The van der Waals surface area contributed by atoms with Gasteiger partial charge in [-0.2, -0.15) is 0 Å². The fourth-order valence-corrected chi connectivity index (χ4v) is 4.18. The van der Waals surface area contributed by atoms with E-state index < -0.39 is 22.4 Å². The summed E-state index contributed by atoms with van der Waals surface area (Å²) in [5.41, 5.74) is -2.33. The van der Waals surface area contributed by atoms with Crippen LogP contribution in [0, 0.1) is 10.8 Å². The molecular weight excluding hydrogens is 330 g/mol. The minimum Gasteiger partial charge on any atom is -0.481 e. The Bertz CT molecular complexity index is 516. The Morgan fingerprint density at radius 2 is 2.05 bits per heavy atom. The molecule has 1 fully saturated rings. The number of aromatic nitrogens is 1. The van der Waals surface area contributed by atoms with Gasteiger partial charge < -0.3 is 10.2 Å². The van der Waals surface area contributed by atoms with Crippen molar-refractivity contribution in [2.45, 2.75) is 45.6 Å². The van der Waals surface area contributed by atoms with Crippen LogP contribution < -0.4 is 0 Å². The first-order valence-corrected chi connectivity index (χ1v) is 7.79. The lowest BCUT2D eigenvalue weighted by atomic mass is 9.55. The van der Waals surface area contributed by atoms with E-state index in [-0.39, 0.29) is 0 Å². The molecule has 0 bridgehead atoms. The van der Waals surface area contributed by atoms with Crippen LogP contribution in [0.25, 0.3) is 0 Å². The van der Waals surface area contributed by atoms with Gasteiger partial charge in [0, 0.05) is 0 Å². The third kappa shape index (κ3) is 2.34. The quantitative estimate of drug-likeness (QED) is 0.859. The lowest BCUT2D eigenvalue weighted by Gasteiger charge is -2.50. The van der Waals surface area contributed by atoms with Gasteiger partial charge in [-0.1, -0.05) is 13.8 Å². The summed E-state index contributed by atoms with van der Waals surface area (Å²) in [5.74, 6) is -0.792. The van der Waals surface area contributed by atoms with Crippen LogP contribution in [-0.2, 0) is 10.4 Å². The van der Waals surface area contributed by atoms with Crippen molar-refractivity contribution in [3.8, 4) is 0 Å². The normalized spacial score (nSPS) is 34.2. The number of hydrogen-bond donors (Lipinski definition) is 2. The highest BCUT2D eigenvalue weighted by atomic mass is 79.9. The van der Waals surface area contributed by atoms with Crippen molar-refractivity contribution in [3.05, 3.63) is 15.0 Å². The summed E-state index contributed by atoms with van der Waals surface area (Å²) in [4.78, 5) is 15.8. The van der Waals surface area contributed by atoms with Crippen LogP contribution in [0.1, 0.15) is 45.0 Å². The number of aliphatic carboxylic acids is 1. The molecule has 0 radical (unpaired) electrons. The van der Waals surface area contributed by atoms with Crippen molar-refractivity contribution < 1.29 is 15.0 Å². The van der Waals surface area contributed by atoms with Crippen LogP contribution in [0.4, 0.5) is 0 Å². The number of aliphatic hydroxyl groups is 1. The summed E-state index contributed by atoms with van der Waals surface area (Å²) in [7, 11) is 0. The van der Waals surface area contributed by atoms with Gasteiger partial charge in [-0.25, -0.2) is 4.98 Å². The molecule has 1 heterocycles. The number of rotatable bonds is 2. The summed E-state index contributed by atoms with van der Waals surface area (Å²) in [6.07, 6.45) is 2.96. The molecule has 1 aliphatic carbocycles. The van der Waals surface area contributed by atoms with E-state index in [2.05, 4.69) is 20.9 Å². The second kappa shape index (κ2) is 4.53. The van der Waals surface area contributed by atoms with E-state index in [9.17, 15) is 15.0 Å². The molecule has 0 aromatic carbocycles. The topological polar surface area (TPSA) is 70.4 Å². The van der Waals surface area contributed by atoms with Crippen molar-refractivity contribution in [2.75, 3.05) is 0 Å². The average molecular weight is 348 g/mol. The van der Waals surface area contributed by atoms with Crippen LogP contribution in [0.15, 0.2) is 9.98 Å². The second-order valence-electron chi connectivity index (χ2n) is 6.20. The number of carboxylic acid groups (broad SMARTS) is 1. The molecule has 0 amide bonds. The molecule has 2 atom stereocenters. The molecule has 1 saturated carbocycles. The zero-order chi connectivity index (χ0) is 14.5. The molecule has 19 heavy (non-hydrogen) atoms. The first kappa shape index (κ1) is 14.9. The molecular formula is C13H18BrNO3S. The van der Waals surface area contributed by atoms with Gasteiger partial charge in [0.2, 0.25) is 0 Å². The monoisotopic (exact) mass is 347 g/mol. The standard InChI is InChI=1S/C13H18BrNO3S/c1-11(2)7-13(18,9-15-6-8(14)19-9)5-4-12(11,3)10(16)17/h6,18H,4-5,7H2,1-3H3,(H,16,17)/t12-,13-/m1/s1. The maximum Gasteiger partial charge on any atom is 0.309 e. The highest BCUT2D eigenvalue weighted by molar-refractivity contribution is 9.11. The Hall–Kier alpha value is -0.460. The molecule has 1 aromatic heterocycles. The molecule has 0 spiro atoms. The van der Waals surface area contributed by atoms with Crippen LogP contribution in [0.3, 0.4) is 0 Å². The third-order valence-corrected chi connectivity index (χ3v) is 6.28. The van der Waals surface area contributed by atoms with Gasteiger partial charge in [0.25, 0.3) is 0 Å². The van der Waals surface area contributed by atoms with Crippen LogP contribution in [-0.4, -0.2) is 21.2 Å². The summed E-state index contributed by atoms with van der Waals surface area (Å²) >= 11 is 4.76. The molecule has 1 aliphatic rings. The van der Waals surface area contributed by atoms with Crippen LogP contribution in [0.2, 0.25) is 0 Å². The van der Waals surface area contributed by atoms with E-state index in [0.29, 0.717) is 24.3 Å². The maximum absolute atomic E-state index is 11.5. The van der Waals surface area contributed by atoms with Gasteiger partial charge in [0.15, 0.2) is 0 Å². The third-order valence-electron chi connectivity index (χ3n) is 4.61. The van der Waals surface area contributed by atoms with Gasteiger partial charge in [-0.3, -0.25) is 4.79 Å². The smallest absolute Gasteiger partial charge is 0.309 e. The fraction of sp³-hybridized carbons (Fsp3) is 0.692. The molecule has 0 aliphatic heterocycles. The zero-order valence-corrected chi connectivity index (χ0v) is 13.6. The van der Waals surface area contributed by atoms with E-state index in [1.165, 1.54) is 11.3 Å². The van der Waals surface area contributed by atoms with E-state index in [0.717, 1.165) is 3.79 Å². The SMILES string of the molecule is CC1(C)C[C@@](O)(c2ncc(Br)s2)CC[C@]1(C)C(=O)O. The zero-order valence-electron chi connectivity index (χ0n) is 11.2. The van der Waals surface area contributed by atoms with Gasteiger partial charge >= 0.3 is 5.97 Å². The molecule has 2 N–H and O–H groups in total. The van der Waals surface area contributed by atoms with E-state index in [4.69, 9.17) is 0 Å². The highest BCUT2D eigenvalue weighted by Gasteiger charge is 2.56. The van der Waals surface area contributed by atoms with Crippen molar-refractivity contribution in [2.24, 2.45) is 10.8 Å². The minimum atomic E-state index is -1.02. The lowest BCUT2D eigenvalue weighted by Crippen LogP contribution is -2.51. The second-order valence-corrected chi connectivity index (χ2v) is 8.61. The van der Waals surface area contributed by atoms with Gasteiger partial charge in [-0.15, -0.1) is 11.3 Å². The molecule has 2 rings (SSSR count). The number of thiazole rings is 1. The summed E-state index contributed by atoms with van der Waals surface area (Å²) < 4.78 is 0.875. The Morgan fingerprint density at radius 3 is 2.47 bits per heavy atom. The van der Waals surface area contributed by atoms with E-state index >= 15 is 0 Å². The lowest BCUT2D eigenvalue weighted by molar-refractivity contribution is -0.170. The first-order chi connectivity index (χ1) is 8.61. The Balaban J connectivity index is 2.34. The summed E-state index contributed by atoms with van der Waals surface area (Å²) in [6.45, 7) is 5.59. The van der Waals surface area contributed by atoms with Crippen molar-refractivity contribution in [3.63, 3.8) is 0 Å². The van der Waals surface area contributed by atoms with Gasteiger partial charge in [0.05, 0.1) is 15.4 Å². The van der Waals surface area contributed by atoms with Crippen molar-refractivity contribution in [1.82, 2.24) is 4.98 Å². The predicted molar refractivity (Wildman–Crippen MR) is 77.1 cm³/mol. The van der Waals surface area contributed by atoms with E-state index in [1.54, 1.807) is 13.1 Å². The largest absolute Gasteiger partial charge is 0.481 e. The summed E-state index contributed by atoms with van der Waals surface area (Å²) in [5, 5.41) is 21.0. The first-order valence-electron chi connectivity index (χ1n) is 6.18. The van der Waals surface area contributed by atoms with E-state index in [1.807, 2.05) is 13.8 Å². The molecule has 0 saturated heterocycles. The number of nitrogens with zero attached hydrogens (tertiary/aromatic N) is 1. The summed E-state index contributed by atoms with van der Waals surface area (Å²) in [6, 6.07) is 0. The van der Waals surface area contributed by atoms with Crippen molar-refractivity contribution >= 4 is 33.2 Å². The van der Waals surface area contributed by atoms with Crippen LogP contribution >= 0.6 is 27.3 Å². The number of carbonyl (C=O) groups is 1. The molecule has 106 valence electrons. The van der Waals surface area contributed by atoms with Crippen LogP contribution in [0.5, 0.6) is 0 Å². The molecule has 1 aromatic rings. The maximum atomic E-state index is 11.5. The van der Waals surface area contributed by atoms with Crippen molar-refractivity contribution in [1.29, 1.82) is 0 Å². The van der Waals surface area contributed by atoms with Gasteiger partial charge in [0.1, 0.15) is 10.6 Å². The Kier molecular flexibility index (Phi) is 3.56. The predicted octanol–water partition coefficient (Wildman–Crippen LogP) is 3.39. The average Bonchev–Trinajstić information content (AvgIpc) is 2.71. The Labute approximate surface area is 125 Å². The molecule has 0 unspecified atom stereocenters.